The van der Waals surface area contributed by atoms with Crippen molar-refractivity contribution in [3.63, 3.8) is 0 Å². The second-order valence-corrected chi connectivity index (χ2v) is 5.93. The maximum atomic E-state index is 8.86. The van der Waals surface area contributed by atoms with Crippen LogP contribution in [0, 0.1) is 16.7 Å². The number of halogens is 1. The molecule has 1 aromatic carbocycles. The number of hydrogen-bond acceptors (Lipinski definition) is 4. The Morgan fingerprint density at radius 1 is 1.43 bits per heavy atom. The number of rotatable bonds is 9. The zero-order valence-corrected chi connectivity index (χ0v) is 13.1. The number of ether oxygens (including phenoxy) is 2. The maximum Gasteiger partial charge on any atom is 0.142 e. The number of nitrogens with one attached hydrogen (secondary N) is 1. The Morgan fingerprint density at radius 3 is 2.90 bits per heavy atom. The molecule has 0 radical (unpaired) electrons. The number of methoxy groups -OCH3 is 1. The molecule has 0 amide bonds. The van der Waals surface area contributed by atoms with Gasteiger partial charge >= 0.3 is 0 Å². The zero-order valence-electron chi connectivity index (χ0n) is 12.3. The second kappa shape index (κ2) is 7.65. The van der Waals surface area contributed by atoms with Crippen molar-refractivity contribution in [1.82, 2.24) is 5.32 Å². The third-order valence-corrected chi connectivity index (χ3v) is 4.08. The van der Waals surface area contributed by atoms with Crippen LogP contribution in [0.4, 0.5) is 0 Å². The fourth-order valence-electron chi connectivity index (χ4n) is 2.19. The molecule has 1 saturated carbocycles. The highest BCUT2D eigenvalue weighted by atomic mass is 35.5. The number of nitrogens with zero attached hydrogens (tertiary/aromatic N) is 1. The summed E-state index contributed by atoms with van der Waals surface area (Å²) in [6.07, 6.45) is 2.68. The molecule has 21 heavy (non-hydrogen) atoms. The minimum Gasteiger partial charge on any atom is -0.491 e. The van der Waals surface area contributed by atoms with Crippen molar-refractivity contribution < 1.29 is 9.47 Å². The first-order valence-electron chi connectivity index (χ1n) is 7.17. The van der Waals surface area contributed by atoms with E-state index in [4.69, 9.17) is 26.3 Å². The van der Waals surface area contributed by atoms with Gasteiger partial charge in [-0.25, -0.2) is 0 Å². The third kappa shape index (κ3) is 4.60. The first-order valence-corrected chi connectivity index (χ1v) is 7.55. The average Bonchev–Trinajstić information content (AvgIpc) is 3.23. The predicted molar refractivity (Wildman–Crippen MR) is 82.4 cm³/mol. The Labute approximate surface area is 131 Å². The Morgan fingerprint density at radius 2 is 2.24 bits per heavy atom. The summed E-state index contributed by atoms with van der Waals surface area (Å²) in [6.45, 7) is 2.70. The van der Waals surface area contributed by atoms with Crippen LogP contribution in [0.5, 0.6) is 5.75 Å². The van der Waals surface area contributed by atoms with Crippen molar-refractivity contribution >= 4 is 11.6 Å². The van der Waals surface area contributed by atoms with E-state index in [-0.39, 0.29) is 5.41 Å². The van der Waals surface area contributed by atoms with Gasteiger partial charge < -0.3 is 14.8 Å². The molecular weight excluding hydrogens is 288 g/mol. The Hall–Kier alpha value is -1.28. The van der Waals surface area contributed by atoms with Crippen LogP contribution < -0.4 is 10.1 Å². The van der Waals surface area contributed by atoms with E-state index in [1.54, 1.807) is 7.11 Å². The molecule has 4 nitrogen and oxygen atoms in total. The molecule has 0 spiro atoms. The van der Waals surface area contributed by atoms with Gasteiger partial charge in [0.2, 0.25) is 0 Å². The molecule has 0 heterocycles. The Kier molecular flexibility index (Phi) is 5.86. The van der Waals surface area contributed by atoms with E-state index in [1.807, 2.05) is 18.2 Å². The molecule has 0 saturated heterocycles. The molecule has 0 aliphatic heterocycles. The Balaban J connectivity index is 1.95. The summed E-state index contributed by atoms with van der Waals surface area (Å²) in [5.74, 6) is 0.730. The van der Waals surface area contributed by atoms with Crippen LogP contribution in [-0.4, -0.2) is 26.9 Å². The summed E-state index contributed by atoms with van der Waals surface area (Å²) in [4.78, 5) is 0. The minimum atomic E-state index is 0.0503. The second-order valence-electron chi connectivity index (χ2n) is 5.52. The first-order chi connectivity index (χ1) is 10.2. The monoisotopic (exact) mass is 308 g/mol. The van der Waals surface area contributed by atoms with Gasteiger partial charge in [0.05, 0.1) is 24.3 Å². The van der Waals surface area contributed by atoms with E-state index >= 15 is 0 Å². The van der Waals surface area contributed by atoms with Crippen LogP contribution in [0.2, 0.25) is 5.02 Å². The Bertz CT molecular complexity index is 509. The van der Waals surface area contributed by atoms with Gasteiger partial charge in [0.25, 0.3) is 0 Å². The third-order valence-electron chi connectivity index (χ3n) is 3.78. The molecule has 1 aliphatic rings. The SMILES string of the molecule is COCCNCc1cccc(Cl)c1OCC1(CC#N)CC1. The van der Waals surface area contributed by atoms with Gasteiger partial charge in [0.15, 0.2) is 0 Å². The molecule has 1 N–H and O–H groups in total. The molecule has 1 aromatic rings. The largest absolute Gasteiger partial charge is 0.491 e. The molecule has 0 aromatic heterocycles. The normalized spacial score (nSPS) is 15.5. The van der Waals surface area contributed by atoms with Gasteiger partial charge in [-0.3, -0.25) is 0 Å². The molecular formula is C16H21ClN2O2. The molecule has 2 rings (SSSR count). The van der Waals surface area contributed by atoms with Gasteiger partial charge in [-0.15, -0.1) is 0 Å². The van der Waals surface area contributed by atoms with E-state index in [0.717, 1.165) is 30.7 Å². The number of benzene rings is 1. The predicted octanol–water partition coefficient (Wildman–Crippen LogP) is 3.15. The van der Waals surface area contributed by atoms with Crippen molar-refractivity contribution in [2.24, 2.45) is 5.41 Å². The number of hydrogen-bond donors (Lipinski definition) is 1. The van der Waals surface area contributed by atoms with Crippen molar-refractivity contribution in [3.05, 3.63) is 28.8 Å². The highest BCUT2D eigenvalue weighted by molar-refractivity contribution is 6.32. The first kappa shape index (κ1) is 16.1. The minimum absolute atomic E-state index is 0.0503. The maximum absolute atomic E-state index is 8.86. The molecule has 114 valence electrons. The highest BCUT2D eigenvalue weighted by Gasteiger charge is 2.43. The van der Waals surface area contributed by atoms with Crippen molar-refractivity contribution in [2.45, 2.75) is 25.8 Å². The molecule has 5 heteroatoms. The van der Waals surface area contributed by atoms with Gasteiger partial charge in [-0.05, 0) is 18.9 Å². The van der Waals surface area contributed by atoms with E-state index in [1.165, 1.54) is 0 Å². The fourth-order valence-corrected chi connectivity index (χ4v) is 2.44. The standard InChI is InChI=1S/C16H21ClN2O2/c1-20-10-9-19-11-13-3-2-4-14(17)15(13)21-12-16(5-6-16)7-8-18/h2-4,19H,5-7,9-12H2,1H3. The van der Waals surface area contributed by atoms with Crippen LogP contribution in [0.25, 0.3) is 0 Å². The van der Waals surface area contributed by atoms with Gasteiger partial charge in [-0.1, -0.05) is 23.7 Å². The lowest BCUT2D eigenvalue weighted by molar-refractivity contribution is 0.198. The van der Waals surface area contributed by atoms with Crippen LogP contribution in [0.1, 0.15) is 24.8 Å². The van der Waals surface area contributed by atoms with Crippen molar-refractivity contribution in [1.29, 1.82) is 5.26 Å². The van der Waals surface area contributed by atoms with Crippen molar-refractivity contribution in [3.8, 4) is 11.8 Å². The summed E-state index contributed by atoms with van der Waals surface area (Å²) in [6, 6.07) is 8.00. The highest BCUT2D eigenvalue weighted by Crippen LogP contribution is 2.49. The van der Waals surface area contributed by atoms with Crippen LogP contribution in [-0.2, 0) is 11.3 Å². The molecule has 1 aliphatic carbocycles. The molecule has 0 atom stereocenters. The van der Waals surface area contributed by atoms with Gasteiger partial charge in [-0.2, -0.15) is 5.26 Å². The van der Waals surface area contributed by atoms with Crippen LogP contribution in [0.15, 0.2) is 18.2 Å². The summed E-state index contributed by atoms with van der Waals surface area (Å²) >= 11 is 6.25. The van der Waals surface area contributed by atoms with Crippen LogP contribution in [0.3, 0.4) is 0 Å². The van der Waals surface area contributed by atoms with E-state index in [0.29, 0.717) is 31.2 Å². The molecule has 0 unspecified atom stereocenters. The average molecular weight is 309 g/mol. The summed E-state index contributed by atoms with van der Waals surface area (Å²) < 4.78 is 11.0. The zero-order chi connectivity index (χ0) is 15.1. The van der Waals surface area contributed by atoms with Crippen LogP contribution >= 0.6 is 11.6 Å². The van der Waals surface area contributed by atoms with Crippen molar-refractivity contribution in [2.75, 3.05) is 26.9 Å². The van der Waals surface area contributed by atoms with Gasteiger partial charge in [0, 0.05) is 37.6 Å². The summed E-state index contributed by atoms with van der Waals surface area (Å²) in [5.41, 5.74) is 1.08. The summed E-state index contributed by atoms with van der Waals surface area (Å²) in [5, 5.41) is 12.8. The lowest BCUT2D eigenvalue weighted by atomic mass is 10.1. The van der Waals surface area contributed by atoms with E-state index in [9.17, 15) is 0 Å². The molecule has 0 bridgehead atoms. The lowest BCUT2D eigenvalue weighted by Gasteiger charge is -2.17. The quantitative estimate of drug-likeness (QED) is 0.712. The smallest absolute Gasteiger partial charge is 0.142 e. The number of nitriles is 1. The fraction of sp³-hybridized carbons (Fsp3) is 0.562. The van der Waals surface area contributed by atoms with E-state index in [2.05, 4.69) is 11.4 Å². The summed E-state index contributed by atoms with van der Waals surface area (Å²) in [7, 11) is 1.68. The topological polar surface area (TPSA) is 54.3 Å². The van der Waals surface area contributed by atoms with Gasteiger partial charge in [0.1, 0.15) is 5.75 Å². The lowest BCUT2D eigenvalue weighted by Crippen LogP contribution is -2.20. The van der Waals surface area contributed by atoms with E-state index < -0.39 is 0 Å². The molecule has 1 fully saturated rings. The number of para-hydroxylation sites is 1.